The van der Waals surface area contributed by atoms with Crippen molar-refractivity contribution in [2.45, 2.75) is 64.5 Å². The van der Waals surface area contributed by atoms with Crippen molar-refractivity contribution in [3.8, 4) is 0 Å². The second-order valence-corrected chi connectivity index (χ2v) is 5.93. The molecule has 5 heteroatoms. The van der Waals surface area contributed by atoms with Crippen LogP contribution in [0.2, 0.25) is 0 Å². The molecule has 1 aliphatic carbocycles. The van der Waals surface area contributed by atoms with E-state index in [0.29, 0.717) is 18.8 Å². The zero-order valence-electron chi connectivity index (χ0n) is 11.9. The van der Waals surface area contributed by atoms with Crippen LogP contribution >= 0.6 is 0 Å². The lowest BCUT2D eigenvalue weighted by molar-refractivity contribution is -0.143. The summed E-state index contributed by atoms with van der Waals surface area (Å²) in [5.41, 5.74) is 5.84. The predicted octanol–water partition coefficient (Wildman–Crippen LogP) is 1.51. The Labute approximate surface area is 114 Å². The second kappa shape index (κ2) is 7.48. The molecule has 4 N–H and O–H groups in total. The number of carboxylic acid groups (broad SMARTS) is 1. The number of nitrogens with two attached hydrogens (primary N) is 1. The first-order chi connectivity index (χ1) is 8.91. The third-order valence-corrected chi connectivity index (χ3v) is 3.72. The summed E-state index contributed by atoms with van der Waals surface area (Å²) in [4.78, 5) is 23.3. The summed E-state index contributed by atoms with van der Waals surface area (Å²) in [5, 5.41) is 12.1. The van der Waals surface area contributed by atoms with Gasteiger partial charge in [-0.05, 0) is 25.2 Å². The van der Waals surface area contributed by atoms with Crippen LogP contribution in [0, 0.1) is 11.8 Å². The van der Waals surface area contributed by atoms with E-state index in [9.17, 15) is 14.7 Å². The molecule has 0 radical (unpaired) electrons. The van der Waals surface area contributed by atoms with E-state index >= 15 is 0 Å². The number of amides is 1. The molecule has 1 amide bonds. The monoisotopic (exact) mass is 270 g/mol. The number of carbonyl (C=O) groups excluding carboxylic acids is 1. The maximum absolute atomic E-state index is 12.0. The number of hydrogen-bond acceptors (Lipinski definition) is 3. The molecule has 0 aromatic heterocycles. The first-order valence-corrected chi connectivity index (χ1v) is 7.20. The second-order valence-electron chi connectivity index (χ2n) is 5.93. The van der Waals surface area contributed by atoms with Gasteiger partial charge in [0.1, 0.15) is 0 Å². The normalized spacial score (nSPS) is 25.7. The van der Waals surface area contributed by atoms with Gasteiger partial charge >= 0.3 is 5.97 Å². The molecule has 0 bridgehead atoms. The van der Waals surface area contributed by atoms with E-state index < -0.39 is 17.9 Å². The zero-order valence-corrected chi connectivity index (χ0v) is 11.9. The molecule has 5 nitrogen and oxygen atoms in total. The summed E-state index contributed by atoms with van der Waals surface area (Å²) in [7, 11) is 0. The number of carbonyl (C=O) groups is 2. The summed E-state index contributed by atoms with van der Waals surface area (Å²) in [5.74, 6) is -1.15. The van der Waals surface area contributed by atoms with E-state index in [1.807, 2.05) is 13.8 Å². The summed E-state index contributed by atoms with van der Waals surface area (Å²) in [6.45, 7) is 4.03. The van der Waals surface area contributed by atoms with Crippen LogP contribution in [-0.2, 0) is 9.59 Å². The molecule has 1 fully saturated rings. The van der Waals surface area contributed by atoms with E-state index in [4.69, 9.17) is 5.73 Å². The van der Waals surface area contributed by atoms with Crippen molar-refractivity contribution in [2.75, 3.05) is 0 Å². The number of nitrogens with one attached hydrogen (secondary N) is 1. The predicted molar refractivity (Wildman–Crippen MR) is 73.6 cm³/mol. The van der Waals surface area contributed by atoms with Crippen LogP contribution in [-0.4, -0.2) is 29.1 Å². The Morgan fingerprint density at radius 2 is 1.89 bits per heavy atom. The number of rotatable bonds is 5. The van der Waals surface area contributed by atoms with Crippen LogP contribution in [0.1, 0.15) is 52.4 Å². The lowest BCUT2D eigenvalue weighted by Gasteiger charge is -2.25. The Balaban J connectivity index is 2.60. The molecule has 3 atom stereocenters. The highest BCUT2D eigenvalue weighted by atomic mass is 16.4. The lowest BCUT2D eigenvalue weighted by atomic mass is 9.94. The van der Waals surface area contributed by atoms with Crippen molar-refractivity contribution in [3.63, 3.8) is 0 Å². The molecular weight excluding hydrogens is 244 g/mol. The minimum absolute atomic E-state index is 0.216. The van der Waals surface area contributed by atoms with Crippen molar-refractivity contribution < 1.29 is 14.7 Å². The van der Waals surface area contributed by atoms with Crippen LogP contribution in [0.25, 0.3) is 0 Å². The van der Waals surface area contributed by atoms with Crippen LogP contribution in [0.5, 0.6) is 0 Å². The molecule has 1 rings (SSSR count). The van der Waals surface area contributed by atoms with Gasteiger partial charge in [0, 0.05) is 6.04 Å². The fourth-order valence-electron chi connectivity index (χ4n) is 2.68. The van der Waals surface area contributed by atoms with E-state index in [0.717, 1.165) is 25.7 Å². The Kier molecular flexibility index (Phi) is 6.28. The third-order valence-electron chi connectivity index (χ3n) is 3.72. The quantitative estimate of drug-likeness (QED) is 0.660. The van der Waals surface area contributed by atoms with Gasteiger partial charge < -0.3 is 16.2 Å². The molecular formula is C14H26N2O3. The molecule has 0 saturated heterocycles. The molecule has 1 saturated carbocycles. The van der Waals surface area contributed by atoms with Crippen LogP contribution < -0.4 is 11.1 Å². The van der Waals surface area contributed by atoms with Crippen molar-refractivity contribution in [1.82, 2.24) is 5.32 Å². The third kappa shape index (κ3) is 5.19. The Morgan fingerprint density at radius 3 is 2.47 bits per heavy atom. The van der Waals surface area contributed by atoms with Gasteiger partial charge in [0.25, 0.3) is 0 Å². The Hall–Kier alpha value is -1.10. The molecule has 19 heavy (non-hydrogen) atoms. The van der Waals surface area contributed by atoms with Gasteiger partial charge in [0.15, 0.2) is 0 Å². The lowest BCUT2D eigenvalue weighted by Crippen LogP contribution is -2.49. The fourth-order valence-corrected chi connectivity index (χ4v) is 2.68. The first kappa shape index (κ1) is 16.0. The van der Waals surface area contributed by atoms with E-state index in [1.54, 1.807) is 0 Å². The molecule has 0 aromatic carbocycles. The highest BCUT2D eigenvalue weighted by Gasteiger charge is 2.31. The van der Waals surface area contributed by atoms with E-state index in [2.05, 4.69) is 5.32 Å². The SMILES string of the molecule is CC(C)CC(N)C(=O)NC1CCCCCC1C(=O)O. The average molecular weight is 270 g/mol. The smallest absolute Gasteiger partial charge is 0.308 e. The van der Waals surface area contributed by atoms with Gasteiger partial charge in [-0.15, -0.1) is 0 Å². The van der Waals surface area contributed by atoms with Crippen molar-refractivity contribution in [2.24, 2.45) is 17.6 Å². The number of carboxylic acids is 1. The highest BCUT2D eigenvalue weighted by molar-refractivity contribution is 5.82. The molecule has 3 unspecified atom stereocenters. The minimum atomic E-state index is -0.815. The standard InChI is InChI=1S/C14H26N2O3/c1-9(2)8-11(15)13(17)16-12-7-5-3-4-6-10(12)14(18)19/h9-12H,3-8,15H2,1-2H3,(H,16,17)(H,18,19). The summed E-state index contributed by atoms with van der Waals surface area (Å²) in [6.07, 6.45) is 4.91. The topological polar surface area (TPSA) is 92.4 Å². The molecule has 0 spiro atoms. The maximum atomic E-state index is 12.0. The molecule has 1 aliphatic rings. The van der Waals surface area contributed by atoms with Crippen LogP contribution in [0.4, 0.5) is 0 Å². The number of aliphatic carboxylic acids is 1. The average Bonchev–Trinajstić information content (AvgIpc) is 2.53. The summed E-state index contributed by atoms with van der Waals surface area (Å²) < 4.78 is 0. The van der Waals surface area contributed by atoms with Gasteiger partial charge in [-0.1, -0.05) is 33.1 Å². The zero-order chi connectivity index (χ0) is 14.4. The molecule has 110 valence electrons. The molecule has 0 aliphatic heterocycles. The minimum Gasteiger partial charge on any atom is -0.481 e. The Bertz CT molecular complexity index is 318. The van der Waals surface area contributed by atoms with Crippen LogP contribution in [0.3, 0.4) is 0 Å². The van der Waals surface area contributed by atoms with Gasteiger partial charge in [-0.2, -0.15) is 0 Å². The highest BCUT2D eigenvalue weighted by Crippen LogP contribution is 2.24. The van der Waals surface area contributed by atoms with Crippen LogP contribution in [0.15, 0.2) is 0 Å². The largest absolute Gasteiger partial charge is 0.481 e. The maximum Gasteiger partial charge on any atom is 0.308 e. The molecule has 0 aromatic rings. The van der Waals surface area contributed by atoms with Gasteiger partial charge in [0.05, 0.1) is 12.0 Å². The van der Waals surface area contributed by atoms with Crippen molar-refractivity contribution in [3.05, 3.63) is 0 Å². The number of hydrogen-bond donors (Lipinski definition) is 3. The summed E-state index contributed by atoms with van der Waals surface area (Å²) in [6, 6.07) is -0.816. The van der Waals surface area contributed by atoms with Gasteiger partial charge in [-0.25, -0.2) is 0 Å². The van der Waals surface area contributed by atoms with Gasteiger partial charge in [0.2, 0.25) is 5.91 Å². The van der Waals surface area contributed by atoms with Gasteiger partial charge in [-0.3, -0.25) is 9.59 Å². The summed E-state index contributed by atoms with van der Waals surface area (Å²) >= 11 is 0. The van der Waals surface area contributed by atoms with Crippen molar-refractivity contribution in [1.29, 1.82) is 0 Å². The van der Waals surface area contributed by atoms with E-state index in [1.165, 1.54) is 0 Å². The molecule has 0 heterocycles. The van der Waals surface area contributed by atoms with Crippen molar-refractivity contribution >= 4 is 11.9 Å². The first-order valence-electron chi connectivity index (χ1n) is 7.20. The fraction of sp³-hybridized carbons (Fsp3) is 0.857. The Morgan fingerprint density at radius 1 is 1.26 bits per heavy atom. The van der Waals surface area contributed by atoms with E-state index in [-0.39, 0.29) is 11.9 Å².